The van der Waals surface area contributed by atoms with E-state index in [0.29, 0.717) is 5.69 Å². The van der Waals surface area contributed by atoms with Crippen LogP contribution in [0.3, 0.4) is 0 Å². The van der Waals surface area contributed by atoms with Crippen LogP contribution in [-0.4, -0.2) is 37.6 Å². The van der Waals surface area contributed by atoms with Gasteiger partial charge in [0.1, 0.15) is 5.69 Å². The van der Waals surface area contributed by atoms with Gasteiger partial charge in [-0.1, -0.05) is 12.1 Å². The number of methoxy groups -OCH3 is 1. The molecule has 144 valence electrons. The van der Waals surface area contributed by atoms with Crippen molar-refractivity contribution in [3.63, 3.8) is 0 Å². The average molecular weight is 381 g/mol. The van der Waals surface area contributed by atoms with Gasteiger partial charge in [0, 0.05) is 24.7 Å². The summed E-state index contributed by atoms with van der Waals surface area (Å²) in [5, 5.41) is 16.4. The maximum absolute atomic E-state index is 12.3. The molecule has 2 N–H and O–H groups in total. The quantitative estimate of drug-likeness (QED) is 0.393. The SMILES string of the molecule is COc1cc(C(=O)NCCNc2ccccc2[N+](=O)[O-])ccc1OC(F)F. The number of nitro benzene ring substituents is 1. The highest BCUT2D eigenvalue weighted by atomic mass is 19.3. The van der Waals surface area contributed by atoms with Crippen LogP contribution in [0.1, 0.15) is 10.4 Å². The minimum atomic E-state index is -3.01. The Morgan fingerprint density at radius 2 is 1.93 bits per heavy atom. The van der Waals surface area contributed by atoms with E-state index in [1.807, 2.05) is 0 Å². The molecule has 0 heterocycles. The normalized spacial score (nSPS) is 10.4. The number of amides is 1. The highest BCUT2D eigenvalue weighted by Gasteiger charge is 2.14. The Bertz CT molecular complexity index is 817. The van der Waals surface area contributed by atoms with Crippen molar-refractivity contribution in [2.45, 2.75) is 6.61 Å². The number of alkyl halides is 2. The zero-order valence-corrected chi connectivity index (χ0v) is 14.3. The van der Waals surface area contributed by atoms with E-state index in [1.54, 1.807) is 18.2 Å². The van der Waals surface area contributed by atoms with Gasteiger partial charge in [0.2, 0.25) is 0 Å². The first-order valence-electron chi connectivity index (χ1n) is 7.80. The van der Waals surface area contributed by atoms with Crippen LogP contribution in [0.2, 0.25) is 0 Å². The van der Waals surface area contributed by atoms with Crippen LogP contribution in [0, 0.1) is 10.1 Å². The first-order chi connectivity index (χ1) is 12.9. The fraction of sp³-hybridized carbons (Fsp3) is 0.235. The van der Waals surface area contributed by atoms with Crippen molar-refractivity contribution in [3.8, 4) is 11.5 Å². The van der Waals surface area contributed by atoms with E-state index in [-0.39, 0.29) is 35.8 Å². The van der Waals surface area contributed by atoms with Crippen molar-refractivity contribution in [2.24, 2.45) is 0 Å². The van der Waals surface area contributed by atoms with Gasteiger partial charge in [-0.25, -0.2) is 0 Å². The third kappa shape index (κ3) is 5.53. The maximum Gasteiger partial charge on any atom is 0.387 e. The number of carbonyl (C=O) groups is 1. The van der Waals surface area contributed by atoms with E-state index in [9.17, 15) is 23.7 Å². The molecule has 0 radical (unpaired) electrons. The fourth-order valence-corrected chi connectivity index (χ4v) is 2.26. The Kier molecular flexibility index (Phi) is 6.86. The number of anilines is 1. The lowest BCUT2D eigenvalue weighted by Gasteiger charge is -2.12. The van der Waals surface area contributed by atoms with Crippen molar-refractivity contribution in [2.75, 3.05) is 25.5 Å². The smallest absolute Gasteiger partial charge is 0.387 e. The summed E-state index contributed by atoms with van der Waals surface area (Å²) in [5.41, 5.74) is 0.467. The second-order valence-electron chi connectivity index (χ2n) is 5.20. The molecule has 10 heteroatoms. The molecule has 0 fully saturated rings. The Morgan fingerprint density at radius 1 is 1.19 bits per heavy atom. The number of ether oxygens (including phenoxy) is 2. The van der Waals surface area contributed by atoms with Crippen LogP contribution in [-0.2, 0) is 0 Å². The van der Waals surface area contributed by atoms with Crippen LogP contribution >= 0.6 is 0 Å². The van der Waals surface area contributed by atoms with Gasteiger partial charge in [0.15, 0.2) is 11.5 Å². The molecule has 0 aliphatic carbocycles. The molecular formula is C17H17F2N3O5. The second-order valence-corrected chi connectivity index (χ2v) is 5.20. The summed E-state index contributed by atoms with van der Waals surface area (Å²) in [4.78, 5) is 22.6. The van der Waals surface area contributed by atoms with Gasteiger partial charge in [0.05, 0.1) is 12.0 Å². The van der Waals surface area contributed by atoms with Crippen molar-refractivity contribution in [1.29, 1.82) is 0 Å². The Balaban J connectivity index is 1.92. The Morgan fingerprint density at radius 3 is 2.59 bits per heavy atom. The van der Waals surface area contributed by atoms with Crippen LogP contribution in [0.5, 0.6) is 11.5 Å². The lowest BCUT2D eigenvalue weighted by atomic mass is 10.2. The summed E-state index contributed by atoms with van der Waals surface area (Å²) in [7, 11) is 1.27. The third-order valence-electron chi connectivity index (χ3n) is 3.47. The summed E-state index contributed by atoms with van der Waals surface area (Å²) >= 11 is 0. The molecule has 0 aliphatic rings. The van der Waals surface area contributed by atoms with Crippen molar-refractivity contribution >= 4 is 17.3 Å². The highest BCUT2D eigenvalue weighted by Crippen LogP contribution is 2.29. The summed E-state index contributed by atoms with van der Waals surface area (Å²) in [6, 6.07) is 9.96. The average Bonchev–Trinajstić information content (AvgIpc) is 2.65. The van der Waals surface area contributed by atoms with Crippen LogP contribution < -0.4 is 20.1 Å². The van der Waals surface area contributed by atoms with E-state index >= 15 is 0 Å². The highest BCUT2D eigenvalue weighted by molar-refractivity contribution is 5.94. The van der Waals surface area contributed by atoms with Crippen molar-refractivity contribution < 1.29 is 28.0 Å². The minimum Gasteiger partial charge on any atom is -0.493 e. The van der Waals surface area contributed by atoms with Gasteiger partial charge in [0.25, 0.3) is 11.6 Å². The molecule has 0 bridgehead atoms. The molecule has 0 aliphatic heterocycles. The molecule has 0 spiro atoms. The molecule has 8 nitrogen and oxygen atoms in total. The van der Waals surface area contributed by atoms with Gasteiger partial charge in [-0.2, -0.15) is 8.78 Å². The van der Waals surface area contributed by atoms with Gasteiger partial charge >= 0.3 is 6.61 Å². The first-order valence-corrected chi connectivity index (χ1v) is 7.80. The number of para-hydroxylation sites is 2. The number of nitrogens with zero attached hydrogens (tertiary/aromatic N) is 1. The van der Waals surface area contributed by atoms with Gasteiger partial charge < -0.3 is 20.1 Å². The topological polar surface area (TPSA) is 103 Å². The predicted molar refractivity (Wildman–Crippen MR) is 93.5 cm³/mol. The molecule has 0 unspecified atom stereocenters. The van der Waals surface area contributed by atoms with Gasteiger partial charge in [-0.05, 0) is 24.3 Å². The lowest BCUT2D eigenvalue weighted by molar-refractivity contribution is -0.384. The lowest BCUT2D eigenvalue weighted by Crippen LogP contribution is -2.28. The minimum absolute atomic E-state index is 0.000912. The largest absolute Gasteiger partial charge is 0.493 e. The van der Waals surface area contributed by atoms with Crippen molar-refractivity contribution in [3.05, 3.63) is 58.1 Å². The standard InChI is InChI=1S/C17H17F2N3O5/c1-26-15-10-11(6-7-14(15)27-17(18)19)16(23)21-9-8-20-12-4-2-3-5-13(12)22(24)25/h2-7,10,17,20H,8-9H2,1H3,(H,21,23). The summed E-state index contributed by atoms with van der Waals surface area (Å²) in [6.07, 6.45) is 0. The predicted octanol–water partition coefficient (Wildman–Crippen LogP) is 3.05. The zero-order valence-electron chi connectivity index (χ0n) is 14.3. The van der Waals surface area contributed by atoms with Gasteiger partial charge in [-0.15, -0.1) is 0 Å². The molecule has 0 aromatic heterocycles. The molecule has 0 saturated heterocycles. The number of benzene rings is 2. The fourth-order valence-electron chi connectivity index (χ4n) is 2.26. The number of carbonyl (C=O) groups excluding carboxylic acids is 1. The molecule has 27 heavy (non-hydrogen) atoms. The summed E-state index contributed by atoms with van der Waals surface area (Å²) < 4.78 is 33.9. The van der Waals surface area contributed by atoms with E-state index in [1.165, 1.54) is 31.4 Å². The number of rotatable bonds is 9. The van der Waals surface area contributed by atoms with E-state index in [4.69, 9.17) is 4.74 Å². The molecule has 0 saturated carbocycles. The monoisotopic (exact) mass is 381 g/mol. The van der Waals surface area contributed by atoms with Crippen LogP contribution in [0.15, 0.2) is 42.5 Å². The molecule has 1 amide bonds. The number of nitrogens with one attached hydrogen (secondary N) is 2. The summed E-state index contributed by atoms with van der Waals surface area (Å²) in [5.74, 6) is -0.635. The number of hydrogen-bond donors (Lipinski definition) is 2. The summed E-state index contributed by atoms with van der Waals surface area (Å²) in [6.45, 7) is -2.57. The van der Waals surface area contributed by atoms with Crippen LogP contribution in [0.4, 0.5) is 20.2 Å². The van der Waals surface area contributed by atoms with E-state index < -0.39 is 17.4 Å². The molecule has 2 aromatic rings. The second kappa shape index (κ2) is 9.32. The molecule has 0 atom stereocenters. The maximum atomic E-state index is 12.3. The molecule has 2 rings (SSSR count). The van der Waals surface area contributed by atoms with Crippen molar-refractivity contribution in [1.82, 2.24) is 5.32 Å². The molecular weight excluding hydrogens is 364 g/mol. The molecule has 2 aromatic carbocycles. The Hall–Kier alpha value is -3.43. The number of nitro groups is 1. The van der Waals surface area contributed by atoms with Gasteiger partial charge in [-0.3, -0.25) is 14.9 Å². The van der Waals surface area contributed by atoms with E-state index in [0.717, 1.165) is 0 Å². The van der Waals surface area contributed by atoms with Crippen LogP contribution in [0.25, 0.3) is 0 Å². The number of halogens is 2. The first kappa shape index (κ1) is 19.9. The zero-order chi connectivity index (χ0) is 19.8. The Labute approximate surface area is 153 Å². The number of hydrogen-bond acceptors (Lipinski definition) is 6. The third-order valence-corrected chi connectivity index (χ3v) is 3.47. The van der Waals surface area contributed by atoms with E-state index in [2.05, 4.69) is 15.4 Å².